The van der Waals surface area contributed by atoms with E-state index < -0.39 is 0 Å². The summed E-state index contributed by atoms with van der Waals surface area (Å²) in [6, 6.07) is 0.866. The van der Waals surface area contributed by atoms with E-state index in [9.17, 15) is 0 Å². The highest BCUT2D eigenvalue weighted by Gasteiger charge is 2.22. The van der Waals surface area contributed by atoms with Gasteiger partial charge in [-0.25, -0.2) is 0 Å². The van der Waals surface area contributed by atoms with Crippen LogP contribution in [0.15, 0.2) is 0 Å². The molecule has 3 N–H and O–H groups in total. The molecule has 1 aliphatic heterocycles. The molecule has 0 radical (unpaired) electrons. The number of rotatable bonds is 5. The van der Waals surface area contributed by atoms with Gasteiger partial charge in [0, 0.05) is 20.0 Å². The van der Waals surface area contributed by atoms with E-state index in [1.54, 1.807) is 12.0 Å². The summed E-state index contributed by atoms with van der Waals surface area (Å²) in [6.45, 7) is 8.33. The summed E-state index contributed by atoms with van der Waals surface area (Å²) < 4.78 is 5.04. The second-order valence-corrected chi connectivity index (χ2v) is 3.96. The van der Waals surface area contributed by atoms with Crippen LogP contribution in [-0.2, 0) is 4.74 Å². The smallest absolute Gasteiger partial charge is 0.0995 e. The van der Waals surface area contributed by atoms with Crippen molar-refractivity contribution in [1.82, 2.24) is 0 Å². The Morgan fingerprint density at radius 3 is 2.62 bits per heavy atom. The van der Waals surface area contributed by atoms with Gasteiger partial charge in [-0.15, -0.1) is 0 Å². The number of quaternary nitrogens is 2. The maximum atomic E-state index is 5.04. The molecule has 3 heteroatoms. The lowest BCUT2D eigenvalue weighted by molar-refractivity contribution is -0.911. The van der Waals surface area contributed by atoms with E-state index in [2.05, 4.69) is 12.2 Å². The van der Waals surface area contributed by atoms with Crippen LogP contribution in [0.25, 0.3) is 0 Å². The Balaban J connectivity index is 2.03. The highest BCUT2D eigenvalue weighted by atomic mass is 16.5. The highest BCUT2D eigenvalue weighted by molar-refractivity contribution is 4.57. The van der Waals surface area contributed by atoms with E-state index in [1.807, 2.05) is 0 Å². The fourth-order valence-corrected chi connectivity index (χ4v) is 2.06. The zero-order chi connectivity index (χ0) is 9.52. The Hall–Kier alpha value is -0.120. The molecular formula is C10H24N2O+2. The normalized spacial score (nSPS) is 29.1. The molecular weight excluding hydrogens is 164 g/mol. The molecule has 1 heterocycles. The topological polar surface area (TPSA) is 30.3 Å². The van der Waals surface area contributed by atoms with Gasteiger partial charge in [-0.1, -0.05) is 0 Å². The zero-order valence-corrected chi connectivity index (χ0v) is 9.01. The monoisotopic (exact) mass is 188 g/mol. The lowest BCUT2D eigenvalue weighted by Crippen LogP contribution is -3.14. The van der Waals surface area contributed by atoms with Crippen molar-refractivity contribution in [3.8, 4) is 0 Å². The van der Waals surface area contributed by atoms with Crippen LogP contribution in [0.1, 0.15) is 19.8 Å². The molecule has 13 heavy (non-hydrogen) atoms. The van der Waals surface area contributed by atoms with Crippen molar-refractivity contribution in [2.45, 2.75) is 25.8 Å². The van der Waals surface area contributed by atoms with E-state index >= 15 is 0 Å². The van der Waals surface area contributed by atoms with Crippen LogP contribution < -0.4 is 10.2 Å². The van der Waals surface area contributed by atoms with Crippen molar-refractivity contribution in [3.63, 3.8) is 0 Å². The summed E-state index contributed by atoms with van der Waals surface area (Å²) in [5.74, 6) is 0. The molecule has 0 unspecified atom stereocenters. The molecule has 1 saturated heterocycles. The number of hydrogen-bond acceptors (Lipinski definition) is 1. The number of piperidine rings is 1. The fraction of sp³-hybridized carbons (Fsp3) is 1.00. The Morgan fingerprint density at radius 1 is 1.38 bits per heavy atom. The first kappa shape index (κ1) is 11.0. The van der Waals surface area contributed by atoms with Gasteiger partial charge < -0.3 is 15.0 Å². The van der Waals surface area contributed by atoms with Gasteiger partial charge in [0.25, 0.3) is 0 Å². The summed E-state index contributed by atoms with van der Waals surface area (Å²) in [4.78, 5) is 1.77. The Bertz CT molecular complexity index is 119. The third kappa shape index (κ3) is 4.07. The Labute approximate surface area is 81.4 Å². The number of methoxy groups -OCH3 is 1. The minimum absolute atomic E-state index is 0.866. The first-order chi connectivity index (χ1) is 6.36. The van der Waals surface area contributed by atoms with Crippen molar-refractivity contribution in [2.75, 3.05) is 39.9 Å². The number of ether oxygens (including phenoxy) is 1. The molecule has 0 bridgehead atoms. The Kier molecular flexibility index (Phi) is 5.35. The largest absolute Gasteiger partial charge is 0.379 e. The molecule has 0 aromatic heterocycles. The van der Waals surface area contributed by atoms with E-state index in [0.717, 1.165) is 19.2 Å². The van der Waals surface area contributed by atoms with Crippen molar-refractivity contribution < 1.29 is 15.0 Å². The summed E-state index contributed by atoms with van der Waals surface area (Å²) in [5.41, 5.74) is 0. The van der Waals surface area contributed by atoms with Gasteiger partial charge >= 0.3 is 0 Å². The molecule has 0 spiro atoms. The van der Waals surface area contributed by atoms with Crippen LogP contribution in [0.5, 0.6) is 0 Å². The van der Waals surface area contributed by atoms with Crippen molar-refractivity contribution in [2.24, 2.45) is 0 Å². The number of nitrogens with two attached hydrogens (primary N) is 1. The predicted molar refractivity (Wildman–Crippen MR) is 52.9 cm³/mol. The molecule has 0 aliphatic carbocycles. The van der Waals surface area contributed by atoms with E-state index in [0.29, 0.717) is 0 Å². The van der Waals surface area contributed by atoms with Gasteiger partial charge in [0.05, 0.1) is 38.8 Å². The van der Waals surface area contributed by atoms with Crippen LogP contribution in [0.2, 0.25) is 0 Å². The van der Waals surface area contributed by atoms with Crippen LogP contribution in [0.4, 0.5) is 0 Å². The molecule has 0 amide bonds. The molecule has 3 nitrogen and oxygen atoms in total. The standard InChI is InChI=1S/C10H22N2O/c1-3-12-7-4-10(5-8-12)11-6-9-13-2/h10-11H,3-9H2,1-2H3/p+2. The number of nitrogens with one attached hydrogen (secondary N) is 1. The highest BCUT2D eigenvalue weighted by Crippen LogP contribution is 1.92. The first-order valence-electron chi connectivity index (χ1n) is 5.52. The van der Waals surface area contributed by atoms with E-state index in [-0.39, 0.29) is 0 Å². The van der Waals surface area contributed by atoms with Crippen LogP contribution in [0, 0.1) is 0 Å². The van der Waals surface area contributed by atoms with E-state index in [4.69, 9.17) is 4.74 Å². The van der Waals surface area contributed by atoms with Crippen LogP contribution in [0.3, 0.4) is 0 Å². The maximum absolute atomic E-state index is 5.04. The van der Waals surface area contributed by atoms with Gasteiger partial charge in [0.15, 0.2) is 0 Å². The van der Waals surface area contributed by atoms with E-state index in [1.165, 1.54) is 32.5 Å². The third-order valence-electron chi connectivity index (χ3n) is 3.06. The van der Waals surface area contributed by atoms with Crippen molar-refractivity contribution in [1.29, 1.82) is 0 Å². The van der Waals surface area contributed by atoms with Crippen LogP contribution in [-0.4, -0.2) is 45.9 Å². The van der Waals surface area contributed by atoms with Gasteiger partial charge in [-0.3, -0.25) is 0 Å². The number of hydrogen-bond donors (Lipinski definition) is 2. The van der Waals surface area contributed by atoms with Gasteiger partial charge in [0.1, 0.15) is 0 Å². The average molecular weight is 188 g/mol. The lowest BCUT2D eigenvalue weighted by Gasteiger charge is -2.26. The molecule has 0 saturated carbocycles. The molecule has 1 fully saturated rings. The van der Waals surface area contributed by atoms with Gasteiger partial charge in [0.2, 0.25) is 0 Å². The number of likely N-dealkylation sites (tertiary alicyclic amines) is 1. The minimum Gasteiger partial charge on any atom is -0.379 e. The molecule has 1 aliphatic rings. The zero-order valence-electron chi connectivity index (χ0n) is 9.01. The second-order valence-electron chi connectivity index (χ2n) is 3.96. The molecule has 1 rings (SSSR count). The van der Waals surface area contributed by atoms with Gasteiger partial charge in [-0.05, 0) is 6.92 Å². The summed E-state index contributed by atoms with van der Waals surface area (Å²) in [5, 5.41) is 2.45. The summed E-state index contributed by atoms with van der Waals surface area (Å²) in [7, 11) is 1.78. The third-order valence-corrected chi connectivity index (χ3v) is 3.06. The van der Waals surface area contributed by atoms with Gasteiger partial charge in [-0.2, -0.15) is 0 Å². The summed E-state index contributed by atoms with van der Waals surface area (Å²) in [6.07, 6.45) is 2.76. The SMILES string of the molecule is CC[NH+]1CCC([NH2+]CCOC)CC1. The minimum atomic E-state index is 0.866. The second kappa shape index (κ2) is 6.35. The first-order valence-corrected chi connectivity index (χ1v) is 5.52. The van der Waals surface area contributed by atoms with Crippen molar-refractivity contribution >= 4 is 0 Å². The molecule has 0 atom stereocenters. The average Bonchev–Trinajstić information content (AvgIpc) is 2.19. The summed E-state index contributed by atoms with van der Waals surface area (Å²) >= 11 is 0. The predicted octanol–water partition coefficient (Wildman–Crippen LogP) is -1.74. The van der Waals surface area contributed by atoms with Crippen LogP contribution >= 0.6 is 0 Å². The maximum Gasteiger partial charge on any atom is 0.0995 e. The molecule has 78 valence electrons. The fourth-order valence-electron chi connectivity index (χ4n) is 2.06. The Morgan fingerprint density at radius 2 is 2.08 bits per heavy atom. The molecule has 0 aromatic rings. The molecule has 0 aromatic carbocycles. The van der Waals surface area contributed by atoms with Crippen molar-refractivity contribution in [3.05, 3.63) is 0 Å². The lowest BCUT2D eigenvalue weighted by atomic mass is 10.1. The quantitative estimate of drug-likeness (QED) is 0.493.